The highest BCUT2D eigenvalue weighted by atomic mass is 16.6. The number of aryl methyl sites for hydroxylation is 1. The first-order valence-corrected chi connectivity index (χ1v) is 7.99. The minimum atomic E-state index is -0.478. The third-order valence-corrected chi connectivity index (χ3v) is 2.92. The summed E-state index contributed by atoms with van der Waals surface area (Å²) < 4.78 is 11.8. The Kier molecular flexibility index (Phi) is 7.57. The first kappa shape index (κ1) is 19.0. The fraction of sp³-hybridized carbons (Fsp3) is 0.688. The van der Waals surface area contributed by atoms with Crippen molar-refractivity contribution in [1.29, 1.82) is 0 Å². The number of hydrogen-bond acceptors (Lipinski definition) is 5. The first-order valence-electron chi connectivity index (χ1n) is 7.99. The van der Waals surface area contributed by atoms with E-state index >= 15 is 0 Å². The van der Waals surface area contributed by atoms with Gasteiger partial charge in [0, 0.05) is 19.3 Å². The Balaban J connectivity index is 2.20. The van der Waals surface area contributed by atoms with Crippen molar-refractivity contribution in [3.8, 4) is 0 Å². The normalized spacial score (nSPS) is 11.1. The van der Waals surface area contributed by atoms with Gasteiger partial charge in [-0.1, -0.05) is 0 Å². The molecule has 0 aromatic carbocycles. The molecule has 0 aliphatic rings. The molecule has 7 nitrogen and oxygen atoms in total. The molecule has 0 bridgehead atoms. The van der Waals surface area contributed by atoms with Gasteiger partial charge in [-0.05, 0) is 53.0 Å². The molecule has 0 spiro atoms. The summed E-state index contributed by atoms with van der Waals surface area (Å²) in [6, 6.07) is 1.65. The van der Waals surface area contributed by atoms with Crippen molar-refractivity contribution in [2.45, 2.75) is 59.1 Å². The molecule has 0 saturated heterocycles. The van der Waals surface area contributed by atoms with E-state index in [0.717, 1.165) is 19.3 Å². The van der Waals surface area contributed by atoms with Crippen LogP contribution in [0.4, 0.5) is 4.79 Å². The first-order chi connectivity index (χ1) is 10.8. The van der Waals surface area contributed by atoms with E-state index in [-0.39, 0.29) is 5.97 Å². The Hall–Kier alpha value is -2.05. The number of hydrogen-bond donors (Lipinski definition) is 1. The molecule has 0 fully saturated rings. The third kappa shape index (κ3) is 7.67. The van der Waals surface area contributed by atoms with Gasteiger partial charge in [-0.15, -0.1) is 0 Å². The van der Waals surface area contributed by atoms with Crippen LogP contribution in [0.1, 0.15) is 57.4 Å². The monoisotopic (exact) mass is 325 g/mol. The number of alkyl carbamates (subject to hydrolysis) is 1. The van der Waals surface area contributed by atoms with Crippen LogP contribution in [0.2, 0.25) is 0 Å². The maximum Gasteiger partial charge on any atom is 0.407 e. The molecular weight excluding hydrogens is 298 g/mol. The summed E-state index contributed by atoms with van der Waals surface area (Å²) in [7, 11) is 0. The van der Waals surface area contributed by atoms with Gasteiger partial charge >= 0.3 is 12.1 Å². The Morgan fingerprint density at radius 2 is 2.00 bits per heavy atom. The summed E-state index contributed by atoms with van der Waals surface area (Å²) in [5.41, 5.74) is -0.00745. The number of unbranched alkanes of at least 4 members (excludes halogenated alkanes) is 2. The van der Waals surface area contributed by atoms with E-state index < -0.39 is 11.7 Å². The van der Waals surface area contributed by atoms with Gasteiger partial charge in [0.15, 0.2) is 0 Å². The van der Waals surface area contributed by atoms with Gasteiger partial charge in [0.05, 0.1) is 6.61 Å². The average molecular weight is 325 g/mol. The number of carbonyl (C=O) groups excluding carboxylic acids is 2. The Morgan fingerprint density at radius 3 is 2.65 bits per heavy atom. The molecule has 0 aliphatic carbocycles. The fourth-order valence-corrected chi connectivity index (χ4v) is 1.96. The second-order valence-electron chi connectivity index (χ2n) is 6.15. The Bertz CT molecular complexity index is 506. The maximum absolute atomic E-state index is 11.7. The molecule has 7 heteroatoms. The zero-order chi connectivity index (χ0) is 17.3. The van der Waals surface area contributed by atoms with Crippen molar-refractivity contribution in [3.05, 3.63) is 18.0 Å². The van der Waals surface area contributed by atoms with Crippen LogP contribution in [0, 0.1) is 0 Å². The van der Waals surface area contributed by atoms with Gasteiger partial charge in [0.2, 0.25) is 0 Å². The van der Waals surface area contributed by atoms with Crippen molar-refractivity contribution >= 4 is 12.1 Å². The van der Waals surface area contributed by atoms with Crippen molar-refractivity contribution in [3.63, 3.8) is 0 Å². The number of nitrogens with one attached hydrogen (secondary N) is 1. The minimum absolute atomic E-state index is 0.348. The molecule has 0 aliphatic heterocycles. The summed E-state index contributed by atoms with van der Waals surface area (Å²) >= 11 is 0. The van der Waals surface area contributed by atoms with E-state index in [1.54, 1.807) is 23.9 Å². The van der Waals surface area contributed by atoms with Crippen molar-refractivity contribution in [1.82, 2.24) is 15.1 Å². The van der Waals surface area contributed by atoms with E-state index in [1.165, 1.54) is 0 Å². The number of aromatic nitrogens is 2. The number of esters is 1. The topological polar surface area (TPSA) is 82.5 Å². The number of rotatable bonds is 8. The highest BCUT2D eigenvalue weighted by Gasteiger charge is 2.15. The standard InChI is InChI=1S/C16H27N3O4/c1-5-22-14(20)13-9-11-18-19(13)12-8-6-7-10-17-15(21)23-16(2,3)4/h9,11H,5-8,10,12H2,1-4H3,(H,17,21). The maximum atomic E-state index is 11.7. The number of nitrogens with zero attached hydrogens (tertiary/aromatic N) is 2. The molecule has 0 unspecified atom stereocenters. The molecule has 0 atom stereocenters. The van der Waals surface area contributed by atoms with Gasteiger partial charge in [-0.25, -0.2) is 9.59 Å². The molecule has 0 radical (unpaired) electrons. The lowest BCUT2D eigenvalue weighted by molar-refractivity contribution is 0.0505. The van der Waals surface area contributed by atoms with E-state index in [1.807, 2.05) is 20.8 Å². The largest absolute Gasteiger partial charge is 0.461 e. The second-order valence-corrected chi connectivity index (χ2v) is 6.15. The molecule has 1 N–H and O–H groups in total. The molecule has 1 heterocycles. The van der Waals surface area contributed by atoms with Crippen LogP contribution in [-0.2, 0) is 16.0 Å². The van der Waals surface area contributed by atoms with Crippen LogP contribution in [-0.4, -0.2) is 40.6 Å². The lowest BCUT2D eigenvalue weighted by Crippen LogP contribution is -2.33. The number of ether oxygens (including phenoxy) is 2. The van der Waals surface area contributed by atoms with Gasteiger partial charge in [-0.3, -0.25) is 4.68 Å². The smallest absolute Gasteiger partial charge is 0.407 e. The van der Waals surface area contributed by atoms with E-state index in [0.29, 0.717) is 25.4 Å². The average Bonchev–Trinajstić information content (AvgIpc) is 2.89. The SMILES string of the molecule is CCOC(=O)c1ccnn1CCCCCNC(=O)OC(C)(C)C. The van der Waals surface area contributed by atoms with Gasteiger partial charge in [-0.2, -0.15) is 5.10 Å². The third-order valence-electron chi connectivity index (χ3n) is 2.92. The predicted molar refractivity (Wildman–Crippen MR) is 86.3 cm³/mol. The predicted octanol–water partition coefficient (Wildman–Crippen LogP) is 2.75. The number of carbonyl (C=O) groups is 2. The van der Waals surface area contributed by atoms with E-state index in [2.05, 4.69) is 10.4 Å². The molecule has 130 valence electrons. The molecule has 23 heavy (non-hydrogen) atoms. The van der Waals surface area contributed by atoms with Crippen LogP contribution < -0.4 is 5.32 Å². The zero-order valence-electron chi connectivity index (χ0n) is 14.4. The molecule has 1 amide bonds. The van der Waals surface area contributed by atoms with Gasteiger partial charge < -0.3 is 14.8 Å². The summed E-state index contributed by atoms with van der Waals surface area (Å²) in [5.74, 6) is -0.350. The zero-order valence-corrected chi connectivity index (χ0v) is 14.4. The van der Waals surface area contributed by atoms with Crippen LogP contribution in [0.15, 0.2) is 12.3 Å². The van der Waals surface area contributed by atoms with Gasteiger partial charge in [0.25, 0.3) is 0 Å². The number of amides is 1. The van der Waals surface area contributed by atoms with Crippen molar-refractivity contribution < 1.29 is 19.1 Å². The van der Waals surface area contributed by atoms with Crippen molar-refractivity contribution in [2.75, 3.05) is 13.2 Å². The lowest BCUT2D eigenvalue weighted by Gasteiger charge is -2.19. The minimum Gasteiger partial charge on any atom is -0.461 e. The quantitative estimate of drug-likeness (QED) is 0.587. The lowest BCUT2D eigenvalue weighted by atomic mass is 10.2. The Labute approximate surface area is 137 Å². The highest BCUT2D eigenvalue weighted by molar-refractivity contribution is 5.87. The highest BCUT2D eigenvalue weighted by Crippen LogP contribution is 2.07. The van der Waals surface area contributed by atoms with Crippen LogP contribution in [0.3, 0.4) is 0 Å². The van der Waals surface area contributed by atoms with E-state index in [9.17, 15) is 9.59 Å². The van der Waals surface area contributed by atoms with Crippen LogP contribution in [0.5, 0.6) is 0 Å². The summed E-state index contributed by atoms with van der Waals surface area (Å²) in [6.45, 7) is 8.83. The fourth-order valence-electron chi connectivity index (χ4n) is 1.96. The summed E-state index contributed by atoms with van der Waals surface area (Å²) in [4.78, 5) is 23.2. The van der Waals surface area contributed by atoms with Crippen LogP contribution >= 0.6 is 0 Å². The Morgan fingerprint density at radius 1 is 1.26 bits per heavy atom. The van der Waals surface area contributed by atoms with Gasteiger partial charge in [0.1, 0.15) is 11.3 Å². The molecular formula is C16H27N3O4. The second kappa shape index (κ2) is 9.17. The molecule has 1 aromatic rings. The van der Waals surface area contributed by atoms with E-state index in [4.69, 9.17) is 9.47 Å². The molecule has 1 rings (SSSR count). The molecule has 1 aromatic heterocycles. The van der Waals surface area contributed by atoms with Crippen molar-refractivity contribution in [2.24, 2.45) is 0 Å². The molecule has 0 saturated carbocycles. The summed E-state index contributed by atoms with van der Waals surface area (Å²) in [5, 5.41) is 6.85. The summed E-state index contributed by atoms with van der Waals surface area (Å²) in [6.07, 6.45) is 3.82. The van der Waals surface area contributed by atoms with Crippen LogP contribution in [0.25, 0.3) is 0 Å².